The van der Waals surface area contributed by atoms with Gasteiger partial charge in [-0.25, -0.2) is 9.78 Å². The van der Waals surface area contributed by atoms with Crippen LogP contribution in [0.2, 0.25) is 0 Å². The van der Waals surface area contributed by atoms with Crippen molar-refractivity contribution in [3.8, 4) is 17.2 Å². The van der Waals surface area contributed by atoms with Crippen LogP contribution in [0.4, 0.5) is 0 Å². The van der Waals surface area contributed by atoms with Gasteiger partial charge in [-0.2, -0.15) is 0 Å². The third-order valence-corrected chi connectivity index (χ3v) is 6.01. The smallest absolute Gasteiger partial charge is 0.329 e. The van der Waals surface area contributed by atoms with Crippen molar-refractivity contribution in [3.63, 3.8) is 0 Å². The van der Waals surface area contributed by atoms with Crippen molar-refractivity contribution in [2.24, 2.45) is 0 Å². The van der Waals surface area contributed by atoms with Crippen LogP contribution >= 0.6 is 0 Å². The maximum atomic E-state index is 12.3. The molecular formula is C28H30N2O4. The number of aromatic nitrogens is 2. The molecule has 176 valence electrons. The predicted molar refractivity (Wildman–Crippen MR) is 131 cm³/mol. The average molecular weight is 459 g/mol. The molecule has 6 heteroatoms. The van der Waals surface area contributed by atoms with Crippen LogP contribution in [0.15, 0.2) is 77.5 Å². The Morgan fingerprint density at radius 1 is 1.03 bits per heavy atom. The van der Waals surface area contributed by atoms with Gasteiger partial charge in [0.2, 0.25) is 5.89 Å². The van der Waals surface area contributed by atoms with Crippen LogP contribution in [-0.4, -0.2) is 29.7 Å². The van der Waals surface area contributed by atoms with E-state index in [4.69, 9.17) is 18.9 Å². The summed E-state index contributed by atoms with van der Waals surface area (Å²) in [5.74, 6) is 2.09. The van der Waals surface area contributed by atoms with Gasteiger partial charge in [0, 0.05) is 24.4 Å². The summed E-state index contributed by atoms with van der Waals surface area (Å²) in [6.07, 6.45) is 6.88. The molecule has 0 aliphatic heterocycles. The van der Waals surface area contributed by atoms with Crippen LogP contribution in [0.25, 0.3) is 11.5 Å². The van der Waals surface area contributed by atoms with Gasteiger partial charge in [-0.1, -0.05) is 30.3 Å². The van der Waals surface area contributed by atoms with Gasteiger partial charge < -0.3 is 18.5 Å². The molecule has 1 unspecified atom stereocenters. The number of oxazole rings is 1. The Morgan fingerprint density at radius 2 is 1.79 bits per heavy atom. The quantitative estimate of drug-likeness (QED) is 0.290. The molecule has 0 aliphatic carbocycles. The molecule has 0 radical (unpaired) electrons. The number of ether oxygens (including phenoxy) is 2. The molecule has 0 amide bonds. The molecule has 0 N–H and O–H groups in total. The number of benzene rings is 2. The van der Waals surface area contributed by atoms with Crippen molar-refractivity contribution >= 4 is 5.97 Å². The SMILES string of the molecule is COC(=O)C(Cc1ccc(CCCc2nc(-c3ccccc3)oc2C)c(OC)c1)n1cccc1. The van der Waals surface area contributed by atoms with Crippen molar-refractivity contribution in [3.05, 3.63) is 95.6 Å². The van der Waals surface area contributed by atoms with Gasteiger partial charge in [0.15, 0.2) is 0 Å². The first-order chi connectivity index (χ1) is 16.6. The number of esters is 1. The lowest BCUT2D eigenvalue weighted by Gasteiger charge is -2.18. The molecular weight excluding hydrogens is 428 g/mol. The number of hydrogen-bond acceptors (Lipinski definition) is 5. The third-order valence-electron chi connectivity index (χ3n) is 6.01. The van der Waals surface area contributed by atoms with Crippen LogP contribution in [0.5, 0.6) is 5.75 Å². The van der Waals surface area contributed by atoms with E-state index in [1.165, 1.54) is 7.11 Å². The van der Waals surface area contributed by atoms with Crippen LogP contribution in [-0.2, 0) is 28.8 Å². The summed E-state index contributed by atoms with van der Waals surface area (Å²) in [4.78, 5) is 17.0. The van der Waals surface area contributed by atoms with Crippen LogP contribution in [0.1, 0.15) is 35.0 Å². The normalized spacial score (nSPS) is 11.9. The number of carbonyl (C=O) groups excluding carboxylic acids is 1. The van der Waals surface area contributed by atoms with Crippen molar-refractivity contribution in [1.29, 1.82) is 0 Å². The highest BCUT2D eigenvalue weighted by Crippen LogP contribution is 2.27. The Balaban J connectivity index is 1.41. The Bertz CT molecular complexity index is 1210. The molecule has 2 heterocycles. The standard InChI is InChI=1S/C28H30N2O4/c1-20-24(29-27(34-20)23-10-5-4-6-11-23)13-9-12-22-15-14-21(19-26(22)32-2)18-25(28(31)33-3)30-16-7-8-17-30/h4-8,10-11,14-17,19,25H,9,12-13,18H2,1-3H3. The van der Waals surface area contributed by atoms with E-state index in [0.717, 1.165) is 53.2 Å². The lowest BCUT2D eigenvalue weighted by molar-refractivity contribution is -0.144. The fourth-order valence-electron chi connectivity index (χ4n) is 4.16. The molecule has 0 saturated heterocycles. The summed E-state index contributed by atoms with van der Waals surface area (Å²) in [5, 5.41) is 0. The van der Waals surface area contributed by atoms with E-state index >= 15 is 0 Å². The van der Waals surface area contributed by atoms with Crippen LogP contribution in [0.3, 0.4) is 0 Å². The first-order valence-corrected chi connectivity index (χ1v) is 11.5. The molecule has 0 saturated carbocycles. The summed E-state index contributed by atoms with van der Waals surface area (Å²) in [6, 6.07) is 19.5. The van der Waals surface area contributed by atoms with Gasteiger partial charge in [-0.3, -0.25) is 0 Å². The Morgan fingerprint density at radius 3 is 2.50 bits per heavy atom. The molecule has 0 spiro atoms. The second kappa shape index (κ2) is 10.9. The highest BCUT2D eigenvalue weighted by Gasteiger charge is 2.21. The largest absolute Gasteiger partial charge is 0.496 e. The molecule has 2 aromatic carbocycles. The minimum atomic E-state index is -0.412. The zero-order valence-electron chi connectivity index (χ0n) is 19.9. The van der Waals surface area contributed by atoms with Gasteiger partial charge in [0.05, 0.1) is 19.9 Å². The lowest BCUT2D eigenvalue weighted by atomic mass is 10.00. The molecule has 34 heavy (non-hydrogen) atoms. The molecule has 4 aromatic rings. The van der Waals surface area contributed by atoms with Crippen molar-refractivity contribution in [1.82, 2.24) is 9.55 Å². The van der Waals surface area contributed by atoms with E-state index in [1.54, 1.807) is 7.11 Å². The molecule has 2 aromatic heterocycles. The summed E-state index contributed by atoms with van der Waals surface area (Å²) < 4.78 is 18.5. The number of rotatable bonds is 10. The Kier molecular flexibility index (Phi) is 7.48. The highest BCUT2D eigenvalue weighted by atomic mass is 16.5. The van der Waals surface area contributed by atoms with Gasteiger partial charge in [0.1, 0.15) is 17.6 Å². The minimum absolute atomic E-state index is 0.267. The first kappa shape index (κ1) is 23.4. The molecule has 0 fully saturated rings. The molecule has 0 aliphatic rings. The van der Waals surface area contributed by atoms with Gasteiger partial charge >= 0.3 is 5.97 Å². The van der Waals surface area contributed by atoms with E-state index < -0.39 is 6.04 Å². The molecule has 0 bridgehead atoms. The first-order valence-electron chi connectivity index (χ1n) is 11.5. The zero-order chi connectivity index (χ0) is 23.9. The number of nitrogens with zero attached hydrogens (tertiary/aromatic N) is 2. The summed E-state index contributed by atoms with van der Waals surface area (Å²) >= 11 is 0. The minimum Gasteiger partial charge on any atom is -0.496 e. The Hall–Kier alpha value is -3.80. The average Bonchev–Trinajstić information content (AvgIpc) is 3.53. The molecule has 1 atom stereocenters. The van der Waals surface area contributed by atoms with Gasteiger partial charge in [-0.05, 0) is 67.6 Å². The maximum absolute atomic E-state index is 12.3. The molecule has 4 rings (SSSR count). The third kappa shape index (κ3) is 5.39. The topological polar surface area (TPSA) is 66.5 Å². The van der Waals surface area contributed by atoms with Crippen LogP contribution < -0.4 is 4.74 Å². The summed E-state index contributed by atoms with van der Waals surface area (Å²) in [7, 11) is 3.10. The summed E-state index contributed by atoms with van der Waals surface area (Å²) in [5.41, 5.74) is 4.12. The highest BCUT2D eigenvalue weighted by molar-refractivity contribution is 5.74. The number of hydrogen-bond donors (Lipinski definition) is 0. The van der Waals surface area contributed by atoms with E-state index in [1.807, 2.05) is 72.4 Å². The monoisotopic (exact) mass is 458 g/mol. The second-order valence-corrected chi connectivity index (χ2v) is 8.26. The number of aryl methyl sites for hydroxylation is 3. The van der Waals surface area contributed by atoms with Gasteiger partial charge in [0.25, 0.3) is 0 Å². The number of methoxy groups -OCH3 is 2. The van der Waals surface area contributed by atoms with Crippen molar-refractivity contribution in [2.75, 3.05) is 14.2 Å². The number of carbonyl (C=O) groups is 1. The molecule has 6 nitrogen and oxygen atoms in total. The fraction of sp³-hybridized carbons (Fsp3) is 0.286. The van der Waals surface area contributed by atoms with Crippen LogP contribution in [0, 0.1) is 6.92 Å². The van der Waals surface area contributed by atoms with E-state index in [2.05, 4.69) is 12.1 Å². The van der Waals surface area contributed by atoms with Gasteiger partial charge in [-0.15, -0.1) is 0 Å². The van der Waals surface area contributed by atoms with E-state index in [-0.39, 0.29) is 5.97 Å². The fourth-order valence-corrected chi connectivity index (χ4v) is 4.16. The van der Waals surface area contributed by atoms with E-state index in [0.29, 0.717) is 12.3 Å². The van der Waals surface area contributed by atoms with E-state index in [9.17, 15) is 4.79 Å². The van der Waals surface area contributed by atoms with Crippen molar-refractivity contribution in [2.45, 2.75) is 38.6 Å². The zero-order valence-corrected chi connectivity index (χ0v) is 19.9. The predicted octanol–water partition coefficient (Wildman–Crippen LogP) is 5.59. The Labute approximate surface area is 200 Å². The maximum Gasteiger partial charge on any atom is 0.329 e. The second-order valence-electron chi connectivity index (χ2n) is 8.26. The lowest BCUT2D eigenvalue weighted by Crippen LogP contribution is -2.22. The summed E-state index contributed by atoms with van der Waals surface area (Å²) in [6.45, 7) is 1.96. The van der Waals surface area contributed by atoms with Crippen molar-refractivity contribution < 1.29 is 18.7 Å².